The van der Waals surface area contributed by atoms with E-state index in [-0.39, 0.29) is 5.41 Å². The summed E-state index contributed by atoms with van der Waals surface area (Å²) in [7, 11) is 0. The highest BCUT2D eigenvalue weighted by Gasteiger charge is 2.41. The molecule has 0 radical (unpaired) electrons. The van der Waals surface area contributed by atoms with Crippen LogP contribution in [0.15, 0.2) is 109 Å². The number of hydrogen-bond acceptors (Lipinski definition) is 0. The van der Waals surface area contributed by atoms with Crippen LogP contribution in [0.3, 0.4) is 0 Å². The predicted molar refractivity (Wildman–Crippen MR) is 131 cm³/mol. The maximum atomic E-state index is 2.31. The molecule has 0 saturated carbocycles. The lowest BCUT2D eigenvalue weighted by Gasteiger charge is -2.41. The van der Waals surface area contributed by atoms with Crippen LogP contribution in [-0.2, 0) is 11.8 Å². The van der Waals surface area contributed by atoms with E-state index >= 15 is 0 Å². The van der Waals surface area contributed by atoms with Crippen LogP contribution in [0.4, 0.5) is 0 Å². The molecule has 5 rings (SSSR count). The Morgan fingerprint density at radius 1 is 0.467 bits per heavy atom. The van der Waals surface area contributed by atoms with E-state index in [4.69, 9.17) is 0 Å². The van der Waals surface area contributed by atoms with Crippen molar-refractivity contribution in [2.45, 2.75) is 39.5 Å². The highest BCUT2D eigenvalue weighted by Crippen LogP contribution is 2.50. The zero-order valence-corrected chi connectivity index (χ0v) is 18.6. The SMILES string of the molecule is CC.CC.c1ccc(C2(c3ccccc3)Cc3ccccc3-c3ccccc32)cc1. The van der Waals surface area contributed by atoms with Crippen molar-refractivity contribution in [3.8, 4) is 11.1 Å². The predicted octanol–water partition coefficient (Wildman–Crippen LogP) is 8.30. The van der Waals surface area contributed by atoms with Crippen molar-refractivity contribution < 1.29 is 0 Å². The summed E-state index contributed by atoms with van der Waals surface area (Å²) in [5.74, 6) is 0. The van der Waals surface area contributed by atoms with Gasteiger partial charge in [0.2, 0.25) is 0 Å². The van der Waals surface area contributed by atoms with Crippen LogP contribution in [0.5, 0.6) is 0 Å². The van der Waals surface area contributed by atoms with Gasteiger partial charge >= 0.3 is 0 Å². The van der Waals surface area contributed by atoms with Gasteiger partial charge in [0.15, 0.2) is 0 Å². The lowest BCUT2D eigenvalue weighted by atomic mass is 9.61. The molecule has 0 saturated heterocycles. The summed E-state index contributed by atoms with van der Waals surface area (Å²) < 4.78 is 0. The number of rotatable bonds is 2. The lowest BCUT2D eigenvalue weighted by Crippen LogP contribution is -2.35. The fourth-order valence-electron chi connectivity index (χ4n) is 4.54. The van der Waals surface area contributed by atoms with Gasteiger partial charge in [0.05, 0.1) is 0 Å². The van der Waals surface area contributed by atoms with Crippen molar-refractivity contribution in [3.05, 3.63) is 131 Å². The normalized spacial score (nSPS) is 12.8. The molecule has 0 fully saturated rings. The van der Waals surface area contributed by atoms with Crippen molar-refractivity contribution in [2.24, 2.45) is 0 Å². The third-order valence-corrected chi connectivity index (χ3v) is 5.68. The monoisotopic (exact) mass is 392 g/mol. The van der Waals surface area contributed by atoms with Gasteiger partial charge in [-0.1, -0.05) is 137 Å². The number of fused-ring (bicyclic) bond motifs is 3. The van der Waals surface area contributed by atoms with E-state index in [1.165, 1.54) is 33.4 Å². The number of benzene rings is 4. The molecule has 0 nitrogen and oxygen atoms in total. The molecule has 0 aromatic heterocycles. The Balaban J connectivity index is 0.000000606. The summed E-state index contributed by atoms with van der Waals surface area (Å²) >= 11 is 0. The second kappa shape index (κ2) is 10.1. The van der Waals surface area contributed by atoms with Crippen LogP contribution in [0.1, 0.15) is 49.9 Å². The standard InChI is InChI=1S/C26H20.2C2H6/c1-3-12-21(13-4-1)26(22-14-5-2-6-15-22)19-20-11-7-8-16-23(20)24-17-9-10-18-25(24)26;2*1-2/h1-18H,19H2;2*1-2H3. The summed E-state index contributed by atoms with van der Waals surface area (Å²) in [5.41, 5.74) is 8.08. The van der Waals surface area contributed by atoms with Crippen LogP contribution in [0.25, 0.3) is 11.1 Å². The summed E-state index contributed by atoms with van der Waals surface area (Å²) in [6.45, 7) is 8.00. The largest absolute Gasteiger partial charge is 0.0683 e. The molecule has 30 heavy (non-hydrogen) atoms. The maximum absolute atomic E-state index is 2.31. The molecule has 0 spiro atoms. The van der Waals surface area contributed by atoms with Gasteiger partial charge in [0, 0.05) is 5.41 Å². The van der Waals surface area contributed by atoms with Crippen molar-refractivity contribution in [1.29, 1.82) is 0 Å². The highest BCUT2D eigenvalue weighted by atomic mass is 14.4. The molecule has 0 heteroatoms. The molecule has 1 aliphatic carbocycles. The van der Waals surface area contributed by atoms with E-state index < -0.39 is 0 Å². The van der Waals surface area contributed by atoms with E-state index in [1.807, 2.05) is 27.7 Å². The maximum Gasteiger partial charge on any atom is 0.0497 e. The molecule has 4 aromatic carbocycles. The van der Waals surface area contributed by atoms with E-state index in [0.29, 0.717) is 0 Å². The summed E-state index contributed by atoms with van der Waals surface area (Å²) in [6, 6.07) is 39.7. The molecular formula is C30H32. The van der Waals surface area contributed by atoms with E-state index in [9.17, 15) is 0 Å². The Morgan fingerprint density at radius 2 is 0.900 bits per heavy atom. The molecule has 0 amide bonds. The molecule has 0 unspecified atom stereocenters. The van der Waals surface area contributed by atoms with E-state index in [1.54, 1.807) is 0 Å². The first kappa shape index (κ1) is 21.6. The first-order chi connectivity index (χ1) is 14.9. The van der Waals surface area contributed by atoms with E-state index in [2.05, 4.69) is 109 Å². The Morgan fingerprint density at radius 3 is 1.47 bits per heavy atom. The van der Waals surface area contributed by atoms with E-state index in [0.717, 1.165) is 6.42 Å². The smallest absolute Gasteiger partial charge is 0.0497 e. The van der Waals surface area contributed by atoms with Crippen molar-refractivity contribution in [1.82, 2.24) is 0 Å². The van der Waals surface area contributed by atoms with Gasteiger partial charge in [-0.15, -0.1) is 0 Å². The fraction of sp³-hybridized carbons (Fsp3) is 0.200. The molecule has 0 bridgehead atoms. The average Bonchev–Trinajstić information content (AvgIpc) is 2.87. The van der Waals surface area contributed by atoms with Crippen LogP contribution in [0, 0.1) is 0 Å². The summed E-state index contributed by atoms with van der Waals surface area (Å²) in [6.07, 6.45) is 0.980. The Kier molecular flexibility index (Phi) is 7.25. The second-order valence-corrected chi connectivity index (χ2v) is 7.02. The van der Waals surface area contributed by atoms with Gasteiger partial charge in [-0.25, -0.2) is 0 Å². The number of hydrogen-bond donors (Lipinski definition) is 0. The van der Waals surface area contributed by atoms with Gasteiger partial charge in [-0.2, -0.15) is 0 Å². The molecule has 0 N–H and O–H groups in total. The van der Waals surface area contributed by atoms with Gasteiger partial charge in [-0.05, 0) is 39.8 Å². The van der Waals surface area contributed by atoms with Crippen LogP contribution >= 0.6 is 0 Å². The second-order valence-electron chi connectivity index (χ2n) is 7.02. The topological polar surface area (TPSA) is 0 Å². The molecule has 0 heterocycles. The van der Waals surface area contributed by atoms with Crippen LogP contribution in [0.2, 0.25) is 0 Å². The highest BCUT2D eigenvalue weighted by molar-refractivity contribution is 5.78. The summed E-state index contributed by atoms with van der Waals surface area (Å²) in [4.78, 5) is 0. The molecular weight excluding hydrogens is 360 g/mol. The zero-order chi connectivity index (χ0) is 21.4. The Labute approximate surface area is 182 Å². The van der Waals surface area contributed by atoms with Crippen LogP contribution < -0.4 is 0 Å². The minimum Gasteiger partial charge on any atom is -0.0683 e. The minimum absolute atomic E-state index is 0.159. The fourth-order valence-corrected chi connectivity index (χ4v) is 4.54. The average molecular weight is 393 g/mol. The molecule has 0 atom stereocenters. The molecule has 152 valence electrons. The van der Waals surface area contributed by atoms with Gasteiger partial charge in [0.1, 0.15) is 0 Å². The van der Waals surface area contributed by atoms with Gasteiger partial charge in [0.25, 0.3) is 0 Å². The van der Waals surface area contributed by atoms with Crippen molar-refractivity contribution >= 4 is 0 Å². The lowest BCUT2D eigenvalue weighted by molar-refractivity contribution is 0.606. The zero-order valence-electron chi connectivity index (χ0n) is 18.6. The minimum atomic E-state index is -0.159. The van der Waals surface area contributed by atoms with Crippen LogP contribution in [-0.4, -0.2) is 0 Å². The van der Waals surface area contributed by atoms with Gasteiger partial charge in [-0.3, -0.25) is 0 Å². The third-order valence-electron chi connectivity index (χ3n) is 5.68. The quantitative estimate of drug-likeness (QED) is 0.322. The van der Waals surface area contributed by atoms with Crippen molar-refractivity contribution in [2.75, 3.05) is 0 Å². The van der Waals surface area contributed by atoms with Crippen molar-refractivity contribution in [3.63, 3.8) is 0 Å². The summed E-state index contributed by atoms with van der Waals surface area (Å²) in [5, 5.41) is 0. The third kappa shape index (κ3) is 3.71. The van der Waals surface area contributed by atoms with Gasteiger partial charge < -0.3 is 0 Å². The molecule has 0 aliphatic heterocycles. The molecule has 4 aromatic rings. The molecule has 1 aliphatic rings. The first-order valence-electron chi connectivity index (χ1n) is 11.2. The Bertz CT molecular complexity index is 1010. The Hall–Kier alpha value is -3.12. The first-order valence-corrected chi connectivity index (χ1v) is 11.2.